The molecule has 0 aliphatic heterocycles. The Balaban J connectivity index is 3.49. The zero-order valence-corrected chi connectivity index (χ0v) is 11.6. The minimum Gasteiger partial charge on any atom is -0.462 e. The maximum Gasteiger partial charge on any atom is 0.573 e. The molecule has 0 amide bonds. The summed E-state index contributed by atoms with van der Waals surface area (Å²) in [5.74, 6) is -3.36. The van der Waals surface area contributed by atoms with E-state index in [-0.39, 0.29) is 12.7 Å². The number of halogens is 7. The smallest absolute Gasteiger partial charge is 0.462 e. The Morgan fingerprint density at radius 2 is 1.86 bits per heavy atom. The van der Waals surface area contributed by atoms with Crippen LogP contribution in [0.1, 0.15) is 28.7 Å². The number of esters is 1. The lowest BCUT2D eigenvalue weighted by molar-refractivity contribution is -0.275. The van der Waals surface area contributed by atoms with Gasteiger partial charge in [-0.15, -0.1) is 24.8 Å². The number of alkyl halides is 7. The van der Waals surface area contributed by atoms with E-state index in [9.17, 15) is 31.1 Å². The zero-order chi connectivity index (χ0) is 17.1. The molecule has 22 heavy (non-hydrogen) atoms. The van der Waals surface area contributed by atoms with Crippen molar-refractivity contribution >= 4 is 17.6 Å². The van der Waals surface area contributed by atoms with E-state index in [0.29, 0.717) is 0 Å². The lowest BCUT2D eigenvalue weighted by Gasteiger charge is -2.16. The van der Waals surface area contributed by atoms with E-state index in [1.54, 1.807) is 0 Å². The van der Waals surface area contributed by atoms with Gasteiger partial charge in [0.25, 0.3) is 0 Å². The summed E-state index contributed by atoms with van der Waals surface area (Å²) in [6.45, 7) is 1.04. The van der Waals surface area contributed by atoms with E-state index >= 15 is 0 Å². The van der Waals surface area contributed by atoms with Gasteiger partial charge < -0.3 is 9.47 Å². The molecule has 0 unspecified atom stereocenters. The average molecular weight is 352 g/mol. The van der Waals surface area contributed by atoms with Gasteiger partial charge in [0.2, 0.25) is 0 Å². The van der Waals surface area contributed by atoms with E-state index in [4.69, 9.17) is 11.6 Å². The molecule has 0 spiro atoms. The molecule has 1 aromatic rings. The van der Waals surface area contributed by atoms with Crippen molar-refractivity contribution in [2.45, 2.75) is 25.3 Å². The first-order valence-corrected chi connectivity index (χ1v) is 6.13. The van der Waals surface area contributed by atoms with Crippen LogP contribution in [0.15, 0.2) is 6.07 Å². The van der Waals surface area contributed by atoms with Crippen LogP contribution >= 0.6 is 11.6 Å². The maximum absolute atomic E-state index is 12.9. The average Bonchev–Trinajstić information content (AvgIpc) is 2.35. The SMILES string of the molecule is CCOC(=O)c1cc(OC(F)(F)F)c(CCl)nc1C(F)(F)F. The molecule has 0 atom stereocenters. The Kier molecular flexibility index (Phi) is 5.49. The number of aromatic nitrogens is 1. The normalized spacial score (nSPS) is 12.2. The molecular formula is C11H8ClF6NO3. The summed E-state index contributed by atoms with van der Waals surface area (Å²) < 4.78 is 83.2. The predicted molar refractivity (Wildman–Crippen MR) is 61.4 cm³/mol. The molecule has 1 rings (SSSR count). The molecule has 1 aromatic heterocycles. The molecule has 0 bridgehead atoms. The standard InChI is InChI=1S/C11H8ClF6NO3/c1-2-21-9(20)5-3-7(22-11(16,17)18)6(4-12)19-8(5)10(13,14)15/h3H,2,4H2,1H3. The lowest BCUT2D eigenvalue weighted by Crippen LogP contribution is -2.22. The third-order valence-electron chi connectivity index (χ3n) is 2.18. The molecule has 0 aliphatic carbocycles. The highest BCUT2D eigenvalue weighted by molar-refractivity contribution is 6.17. The van der Waals surface area contributed by atoms with Crippen molar-refractivity contribution in [1.29, 1.82) is 0 Å². The van der Waals surface area contributed by atoms with Crippen molar-refractivity contribution in [2.75, 3.05) is 6.61 Å². The fraction of sp³-hybridized carbons (Fsp3) is 0.455. The summed E-state index contributed by atoms with van der Waals surface area (Å²) in [7, 11) is 0. The number of carbonyl (C=O) groups is 1. The number of hydrogen-bond donors (Lipinski definition) is 0. The number of rotatable bonds is 4. The number of ether oxygens (including phenoxy) is 2. The van der Waals surface area contributed by atoms with E-state index in [0.717, 1.165) is 0 Å². The quantitative estimate of drug-likeness (QED) is 0.469. The zero-order valence-electron chi connectivity index (χ0n) is 10.8. The van der Waals surface area contributed by atoms with Gasteiger partial charge in [-0.2, -0.15) is 13.2 Å². The van der Waals surface area contributed by atoms with Gasteiger partial charge in [0.15, 0.2) is 11.4 Å². The summed E-state index contributed by atoms with van der Waals surface area (Å²) in [5, 5.41) is 0. The molecule has 0 saturated heterocycles. The first-order chi connectivity index (χ1) is 9.99. The molecule has 4 nitrogen and oxygen atoms in total. The molecular weight excluding hydrogens is 344 g/mol. The minimum absolute atomic E-state index is 0.263. The Morgan fingerprint density at radius 1 is 1.27 bits per heavy atom. The first-order valence-electron chi connectivity index (χ1n) is 5.59. The molecule has 124 valence electrons. The molecule has 0 N–H and O–H groups in total. The van der Waals surface area contributed by atoms with Crippen LogP contribution in [0.2, 0.25) is 0 Å². The molecule has 0 saturated carbocycles. The van der Waals surface area contributed by atoms with Gasteiger partial charge in [-0.3, -0.25) is 0 Å². The van der Waals surface area contributed by atoms with Crippen LogP contribution in [0.4, 0.5) is 26.3 Å². The van der Waals surface area contributed by atoms with Crippen molar-refractivity contribution < 1.29 is 40.6 Å². The second kappa shape index (κ2) is 6.59. The summed E-state index contributed by atoms with van der Waals surface area (Å²) in [4.78, 5) is 14.5. The summed E-state index contributed by atoms with van der Waals surface area (Å²) in [6, 6.07) is 0.263. The summed E-state index contributed by atoms with van der Waals surface area (Å²) in [5.41, 5.74) is -3.70. The third-order valence-corrected chi connectivity index (χ3v) is 2.43. The van der Waals surface area contributed by atoms with Gasteiger partial charge in [0.05, 0.1) is 23.7 Å². The van der Waals surface area contributed by atoms with Crippen LogP contribution in [0.25, 0.3) is 0 Å². The molecule has 1 heterocycles. The van der Waals surface area contributed by atoms with E-state index in [1.807, 2.05) is 0 Å². The summed E-state index contributed by atoms with van der Waals surface area (Å²) in [6.07, 6.45) is -10.3. The van der Waals surface area contributed by atoms with Crippen molar-refractivity contribution in [2.24, 2.45) is 0 Å². The third kappa shape index (κ3) is 4.65. The van der Waals surface area contributed by atoms with Crippen LogP contribution in [-0.2, 0) is 16.8 Å². The fourth-order valence-corrected chi connectivity index (χ4v) is 1.61. The fourth-order valence-electron chi connectivity index (χ4n) is 1.42. The first kappa shape index (κ1) is 18.3. The van der Waals surface area contributed by atoms with E-state index < -0.39 is 47.1 Å². The Morgan fingerprint density at radius 3 is 2.27 bits per heavy atom. The van der Waals surface area contributed by atoms with Crippen LogP contribution in [0.5, 0.6) is 5.75 Å². The van der Waals surface area contributed by atoms with Crippen LogP contribution in [-0.4, -0.2) is 23.9 Å². The topological polar surface area (TPSA) is 48.4 Å². The van der Waals surface area contributed by atoms with E-state index in [2.05, 4.69) is 14.5 Å². The highest BCUT2D eigenvalue weighted by Gasteiger charge is 2.40. The lowest BCUT2D eigenvalue weighted by atomic mass is 10.1. The van der Waals surface area contributed by atoms with Gasteiger partial charge in [-0.05, 0) is 13.0 Å². The van der Waals surface area contributed by atoms with Gasteiger partial charge in [0.1, 0.15) is 0 Å². The number of nitrogens with zero attached hydrogens (tertiary/aromatic N) is 1. The Bertz CT molecular complexity index is 558. The van der Waals surface area contributed by atoms with Crippen LogP contribution in [0.3, 0.4) is 0 Å². The molecule has 0 fully saturated rings. The minimum atomic E-state index is -5.19. The number of hydrogen-bond acceptors (Lipinski definition) is 4. The van der Waals surface area contributed by atoms with Crippen LogP contribution in [0, 0.1) is 0 Å². The molecule has 0 aliphatic rings. The Hall–Kier alpha value is -1.71. The van der Waals surface area contributed by atoms with Gasteiger partial charge in [-0.1, -0.05) is 0 Å². The molecule has 0 aromatic carbocycles. The second-order valence-electron chi connectivity index (χ2n) is 3.73. The van der Waals surface area contributed by atoms with Crippen molar-refractivity contribution in [1.82, 2.24) is 4.98 Å². The summed E-state index contributed by atoms with van der Waals surface area (Å²) >= 11 is 5.28. The largest absolute Gasteiger partial charge is 0.573 e. The van der Waals surface area contributed by atoms with Gasteiger partial charge in [-0.25, -0.2) is 9.78 Å². The Labute approximate surface area is 125 Å². The van der Waals surface area contributed by atoms with E-state index in [1.165, 1.54) is 6.92 Å². The highest BCUT2D eigenvalue weighted by Crippen LogP contribution is 2.36. The molecule has 11 heteroatoms. The van der Waals surface area contributed by atoms with Gasteiger partial charge >= 0.3 is 18.5 Å². The highest BCUT2D eigenvalue weighted by atomic mass is 35.5. The maximum atomic E-state index is 12.9. The van der Waals surface area contributed by atoms with Crippen molar-refractivity contribution in [3.8, 4) is 5.75 Å². The van der Waals surface area contributed by atoms with Crippen molar-refractivity contribution in [3.63, 3.8) is 0 Å². The predicted octanol–water partition coefficient (Wildman–Crippen LogP) is 3.91. The van der Waals surface area contributed by atoms with Gasteiger partial charge in [0, 0.05) is 0 Å². The monoisotopic (exact) mass is 351 g/mol. The second-order valence-corrected chi connectivity index (χ2v) is 4.00. The van der Waals surface area contributed by atoms with Crippen LogP contribution < -0.4 is 4.74 Å². The van der Waals surface area contributed by atoms with Crippen molar-refractivity contribution in [3.05, 3.63) is 23.0 Å². The number of carbonyl (C=O) groups excluding carboxylic acids is 1. The number of pyridine rings is 1. The molecule has 0 radical (unpaired) electrons.